The Morgan fingerprint density at radius 1 is 1.18 bits per heavy atom. The van der Waals surface area contributed by atoms with E-state index in [0.29, 0.717) is 18.3 Å². The first-order valence-electron chi connectivity index (χ1n) is 8.77. The third kappa shape index (κ3) is 1.70. The first-order chi connectivity index (χ1) is 10.5. The molecule has 0 aromatic carbocycles. The van der Waals surface area contributed by atoms with Gasteiger partial charge in [0.05, 0.1) is 0 Å². The zero-order valence-corrected chi connectivity index (χ0v) is 13.7. The SMILES string of the molecule is CC12CCC(=O)NC1=CCC1C2CCC2(C)/C(=N/N)CCC12. The molecule has 3 aliphatic carbocycles. The van der Waals surface area contributed by atoms with E-state index in [-0.39, 0.29) is 16.7 Å². The summed E-state index contributed by atoms with van der Waals surface area (Å²) in [5, 5.41) is 7.29. The molecule has 2 saturated carbocycles. The molecular formula is C18H27N3O. The molecule has 3 fully saturated rings. The number of nitrogens with zero attached hydrogens (tertiary/aromatic N) is 1. The Kier molecular flexibility index (Phi) is 2.98. The van der Waals surface area contributed by atoms with Crippen LogP contribution in [-0.4, -0.2) is 11.6 Å². The Hall–Kier alpha value is -1.32. The zero-order chi connectivity index (χ0) is 15.5. The van der Waals surface area contributed by atoms with Crippen molar-refractivity contribution in [3.63, 3.8) is 0 Å². The molecule has 0 bridgehead atoms. The first kappa shape index (κ1) is 14.3. The van der Waals surface area contributed by atoms with Gasteiger partial charge in [0.2, 0.25) is 5.91 Å². The van der Waals surface area contributed by atoms with Gasteiger partial charge in [-0.2, -0.15) is 5.10 Å². The summed E-state index contributed by atoms with van der Waals surface area (Å²) in [7, 11) is 0. The number of hydrazone groups is 1. The summed E-state index contributed by atoms with van der Waals surface area (Å²) in [5.74, 6) is 8.00. The number of amides is 1. The molecule has 4 heteroatoms. The average Bonchev–Trinajstić information content (AvgIpc) is 2.84. The van der Waals surface area contributed by atoms with E-state index in [4.69, 9.17) is 5.84 Å². The molecule has 22 heavy (non-hydrogen) atoms. The predicted molar refractivity (Wildman–Crippen MR) is 86.9 cm³/mol. The van der Waals surface area contributed by atoms with Gasteiger partial charge in [0, 0.05) is 28.7 Å². The van der Waals surface area contributed by atoms with Crippen LogP contribution in [0.15, 0.2) is 16.9 Å². The second kappa shape index (κ2) is 4.59. The van der Waals surface area contributed by atoms with E-state index in [2.05, 4.69) is 30.3 Å². The molecule has 1 aliphatic heterocycles. The normalized spacial score (nSPS) is 49.0. The van der Waals surface area contributed by atoms with E-state index in [1.54, 1.807) is 0 Å². The van der Waals surface area contributed by atoms with Crippen LogP contribution in [0.5, 0.6) is 0 Å². The Labute approximate surface area is 132 Å². The van der Waals surface area contributed by atoms with Gasteiger partial charge in [0.1, 0.15) is 0 Å². The lowest BCUT2D eigenvalue weighted by atomic mass is 9.50. The van der Waals surface area contributed by atoms with Gasteiger partial charge in [0.15, 0.2) is 0 Å². The Morgan fingerprint density at radius 2 is 1.95 bits per heavy atom. The van der Waals surface area contributed by atoms with Crippen molar-refractivity contribution >= 4 is 11.6 Å². The smallest absolute Gasteiger partial charge is 0.224 e. The average molecular weight is 301 g/mol. The van der Waals surface area contributed by atoms with E-state index in [1.807, 2.05) is 0 Å². The molecule has 1 saturated heterocycles. The van der Waals surface area contributed by atoms with Crippen molar-refractivity contribution in [1.29, 1.82) is 0 Å². The molecule has 0 aromatic heterocycles. The second-order valence-corrected chi connectivity index (χ2v) is 8.27. The number of rotatable bonds is 0. The summed E-state index contributed by atoms with van der Waals surface area (Å²) < 4.78 is 0. The Bertz CT molecular complexity index is 581. The molecular weight excluding hydrogens is 274 g/mol. The van der Waals surface area contributed by atoms with Gasteiger partial charge < -0.3 is 11.2 Å². The maximum absolute atomic E-state index is 11.8. The summed E-state index contributed by atoms with van der Waals surface area (Å²) in [4.78, 5) is 11.8. The summed E-state index contributed by atoms with van der Waals surface area (Å²) in [6.45, 7) is 4.77. The van der Waals surface area contributed by atoms with E-state index >= 15 is 0 Å². The molecule has 5 unspecified atom stereocenters. The van der Waals surface area contributed by atoms with Crippen LogP contribution in [0.4, 0.5) is 0 Å². The fraction of sp³-hybridized carbons (Fsp3) is 0.778. The number of nitrogens with two attached hydrogens (primary N) is 1. The van der Waals surface area contributed by atoms with Crippen molar-refractivity contribution in [2.75, 3.05) is 0 Å². The molecule has 3 N–H and O–H groups in total. The van der Waals surface area contributed by atoms with Crippen LogP contribution in [0, 0.1) is 28.6 Å². The minimum absolute atomic E-state index is 0.167. The number of allylic oxidation sites excluding steroid dienone is 2. The van der Waals surface area contributed by atoms with Crippen molar-refractivity contribution in [3.8, 4) is 0 Å². The topological polar surface area (TPSA) is 67.5 Å². The van der Waals surface area contributed by atoms with E-state index < -0.39 is 0 Å². The van der Waals surface area contributed by atoms with Gasteiger partial charge in [0.25, 0.3) is 0 Å². The minimum Gasteiger partial charge on any atom is -0.330 e. The highest BCUT2D eigenvalue weighted by Crippen LogP contribution is 2.62. The Morgan fingerprint density at radius 3 is 2.73 bits per heavy atom. The molecule has 4 nitrogen and oxygen atoms in total. The van der Waals surface area contributed by atoms with Crippen LogP contribution in [0.3, 0.4) is 0 Å². The van der Waals surface area contributed by atoms with E-state index in [0.717, 1.165) is 25.2 Å². The summed E-state index contributed by atoms with van der Waals surface area (Å²) >= 11 is 0. The number of piperidine rings is 1. The molecule has 0 radical (unpaired) electrons. The third-order valence-electron chi connectivity index (χ3n) is 7.51. The van der Waals surface area contributed by atoms with Crippen molar-refractivity contribution in [1.82, 2.24) is 5.32 Å². The number of fused-ring (bicyclic) bond motifs is 5. The number of nitrogens with one attached hydrogen (secondary N) is 1. The van der Waals surface area contributed by atoms with Gasteiger partial charge in [-0.05, 0) is 56.3 Å². The van der Waals surface area contributed by atoms with Crippen molar-refractivity contribution < 1.29 is 4.79 Å². The fourth-order valence-corrected chi connectivity index (χ4v) is 6.19. The molecule has 120 valence electrons. The number of hydrogen-bond acceptors (Lipinski definition) is 3. The van der Waals surface area contributed by atoms with Gasteiger partial charge in [-0.15, -0.1) is 0 Å². The van der Waals surface area contributed by atoms with E-state index in [9.17, 15) is 4.79 Å². The molecule has 4 aliphatic rings. The van der Waals surface area contributed by atoms with Crippen LogP contribution in [0.2, 0.25) is 0 Å². The largest absolute Gasteiger partial charge is 0.330 e. The lowest BCUT2D eigenvalue weighted by Crippen LogP contribution is -2.53. The van der Waals surface area contributed by atoms with Crippen LogP contribution < -0.4 is 11.2 Å². The summed E-state index contributed by atoms with van der Waals surface area (Å²) in [6.07, 6.45) is 9.85. The molecule has 5 atom stereocenters. The molecule has 1 heterocycles. The summed E-state index contributed by atoms with van der Waals surface area (Å²) in [5.41, 5.74) is 2.84. The quantitative estimate of drug-likeness (QED) is 0.533. The van der Waals surface area contributed by atoms with Crippen molar-refractivity contribution in [3.05, 3.63) is 11.8 Å². The number of hydrogen-bond donors (Lipinski definition) is 2. The minimum atomic E-state index is 0.167. The first-order valence-corrected chi connectivity index (χ1v) is 8.77. The third-order valence-corrected chi connectivity index (χ3v) is 7.51. The van der Waals surface area contributed by atoms with Crippen molar-refractivity contribution in [2.45, 2.75) is 58.8 Å². The highest BCUT2D eigenvalue weighted by atomic mass is 16.1. The number of carbonyl (C=O) groups excluding carboxylic acids is 1. The molecule has 4 rings (SSSR count). The van der Waals surface area contributed by atoms with Crippen molar-refractivity contribution in [2.24, 2.45) is 39.5 Å². The second-order valence-electron chi connectivity index (χ2n) is 8.27. The maximum atomic E-state index is 11.8. The lowest BCUT2D eigenvalue weighted by Gasteiger charge is -2.56. The van der Waals surface area contributed by atoms with Crippen LogP contribution in [0.25, 0.3) is 0 Å². The summed E-state index contributed by atoms with van der Waals surface area (Å²) in [6, 6.07) is 0. The standard InChI is InChI=1S/C18H27N3O/c1-17-10-8-16(22)20-14(17)5-3-11-12-4-6-15(21-19)18(12,2)9-7-13(11)17/h5,11-13H,3-4,6-10,19H2,1-2H3,(H,20,22)/b21-15+. The Balaban J connectivity index is 1.70. The monoisotopic (exact) mass is 301 g/mol. The van der Waals surface area contributed by atoms with Crippen LogP contribution in [-0.2, 0) is 4.79 Å². The van der Waals surface area contributed by atoms with Gasteiger partial charge in [-0.3, -0.25) is 4.79 Å². The van der Waals surface area contributed by atoms with E-state index in [1.165, 1.54) is 30.7 Å². The molecule has 1 amide bonds. The van der Waals surface area contributed by atoms with Crippen LogP contribution >= 0.6 is 0 Å². The predicted octanol–water partition coefficient (Wildman–Crippen LogP) is 2.95. The van der Waals surface area contributed by atoms with Gasteiger partial charge in [-0.25, -0.2) is 0 Å². The lowest BCUT2D eigenvalue weighted by molar-refractivity contribution is -0.124. The van der Waals surface area contributed by atoms with Gasteiger partial charge in [-0.1, -0.05) is 19.9 Å². The molecule has 0 aromatic rings. The zero-order valence-electron chi connectivity index (χ0n) is 13.7. The fourth-order valence-electron chi connectivity index (χ4n) is 6.19. The highest BCUT2D eigenvalue weighted by Gasteiger charge is 2.58. The number of carbonyl (C=O) groups is 1. The van der Waals surface area contributed by atoms with Crippen LogP contribution in [0.1, 0.15) is 58.8 Å². The molecule has 0 spiro atoms. The maximum Gasteiger partial charge on any atom is 0.224 e. The highest BCUT2D eigenvalue weighted by molar-refractivity contribution is 5.92. The van der Waals surface area contributed by atoms with Gasteiger partial charge >= 0.3 is 0 Å².